The van der Waals surface area contributed by atoms with Crippen LogP contribution < -0.4 is 10.6 Å². The Kier molecular flexibility index (Phi) is 6.31. The van der Waals surface area contributed by atoms with Crippen molar-refractivity contribution in [1.29, 1.82) is 0 Å². The molecule has 0 spiro atoms. The molecule has 0 radical (unpaired) electrons. The van der Waals surface area contributed by atoms with E-state index in [9.17, 15) is 14.4 Å². The molecule has 2 aromatic rings. The third kappa shape index (κ3) is 5.10. The molecular weight excluding hydrogens is 378 g/mol. The highest BCUT2D eigenvalue weighted by Gasteiger charge is 2.29. The zero-order chi connectivity index (χ0) is 20.1. The lowest BCUT2D eigenvalue weighted by atomic mass is 9.96. The normalized spacial score (nSPS) is 16.4. The molecule has 146 valence electrons. The fraction of sp³-hybridized carbons (Fsp3) is 0.286. The monoisotopic (exact) mass is 399 g/mol. The van der Waals surface area contributed by atoms with Gasteiger partial charge in [0.1, 0.15) is 0 Å². The highest BCUT2D eigenvalue weighted by atomic mass is 35.5. The second-order valence-electron chi connectivity index (χ2n) is 6.85. The van der Waals surface area contributed by atoms with E-state index in [0.717, 1.165) is 12.8 Å². The third-order valence-corrected chi connectivity index (χ3v) is 4.90. The van der Waals surface area contributed by atoms with Crippen LogP contribution in [0.15, 0.2) is 48.5 Å². The quantitative estimate of drug-likeness (QED) is 0.820. The number of likely N-dealkylation sites (tertiary alicyclic amines) is 1. The minimum Gasteiger partial charge on any atom is -0.338 e. The topological polar surface area (TPSA) is 78.5 Å². The number of hydrogen-bond donors (Lipinski definition) is 2. The van der Waals surface area contributed by atoms with E-state index < -0.39 is 0 Å². The van der Waals surface area contributed by atoms with Gasteiger partial charge in [-0.1, -0.05) is 11.6 Å². The van der Waals surface area contributed by atoms with Crippen molar-refractivity contribution in [3.8, 4) is 0 Å². The molecule has 0 aromatic heterocycles. The first-order chi connectivity index (χ1) is 13.4. The van der Waals surface area contributed by atoms with Crippen molar-refractivity contribution >= 4 is 40.7 Å². The van der Waals surface area contributed by atoms with E-state index in [1.54, 1.807) is 53.4 Å². The van der Waals surface area contributed by atoms with Gasteiger partial charge in [0, 0.05) is 42.0 Å². The Balaban J connectivity index is 1.60. The maximum atomic E-state index is 12.7. The number of hydrogen-bond acceptors (Lipinski definition) is 3. The van der Waals surface area contributed by atoms with Crippen LogP contribution in [0.4, 0.5) is 11.4 Å². The molecule has 1 unspecified atom stereocenters. The summed E-state index contributed by atoms with van der Waals surface area (Å²) in [5, 5.41) is 6.15. The van der Waals surface area contributed by atoms with E-state index in [2.05, 4.69) is 10.6 Å². The fourth-order valence-electron chi connectivity index (χ4n) is 3.24. The minimum absolute atomic E-state index is 0.0890. The first kappa shape index (κ1) is 19.9. The van der Waals surface area contributed by atoms with Crippen molar-refractivity contribution < 1.29 is 14.4 Å². The van der Waals surface area contributed by atoms with Gasteiger partial charge in [-0.25, -0.2) is 0 Å². The number of carbonyl (C=O) groups is 3. The van der Waals surface area contributed by atoms with Crippen molar-refractivity contribution in [2.24, 2.45) is 5.92 Å². The number of amides is 3. The summed E-state index contributed by atoms with van der Waals surface area (Å²) in [7, 11) is 0. The van der Waals surface area contributed by atoms with Gasteiger partial charge in [-0.15, -0.1) is 0 Å². The first-order valence-electron chi connectivity index (χ1n) is 9.16. The Morgan fingerprint density at radius 2 is 1.57 bits per heavy atom. The SMILES string of the molecule is CC(=O)Nc1ccc(NC(=O)C2CCCN(C(=O)c3ccc(Cl)cc3)C2)cc1. The molecule has 0 saturated carbocycles. The maximum absolute atomic E-state index is 12.7. The van der Waals surface area contributed by atoms with Gasteiger partial charge in [-0.3, -0.25) is 14.4 Å². The number of rotatable bonds is 4. The summed E-state index contributed by atoms with van der Waals surface area (Å²) in [5.41, 5.74) is 1.89. The number of carbonyl (C=O) groups excluding carboxylic acids is 3. The lowest BCUT2D eigenvalue weighted by molar-refractivity contribution is -0.121. The zero-order valence-corrected chi connectivity index (χ0v) is 16.3. The fourth-order valence-corrected chi connectivity index (χ4v) is 3.36. The minimum atomic E-state index is -0.264. The summed E-state index contributed by atoms with van der Waals surface area (Å²) in [4.78, 5) is 38.1. The third-order valence-electron chi connectivity index (χ3n) is 4.64. The van der Waals surface area contributed by atoms with Crippen LogP contribution in [0.2, 0.25) is 5.02 Å². The van der Waals surface area contributed by atoms with Crippen LogP contribution in [-0.2, 0) is 9.59 Å². The number of nitrogens with one attached hydrogen (secondary N) is 2. The zero-order valence-electron chi connectivity index (χ0n) is 15.6. The second kappa shape index (κ2) is 8.89. The standard InChI is InChI=1S/C21H22ClN3O3/c1-14(26)23-18-8-10-19(11-9-18)24-20(27)16-3-2-12-25(13-16)21(28)15-4-6-17(22)7-5-15/h4-11,16H,2-3,12-13H2,1H3,(H,23,26)(H,24,27). The highest BCUT2D eigenvalue weighted by Crippen LogP contribution is 2.22. The molecule has 1 heterocycles. The lowest BCUT2D eigenvalue weighted by Gasteiger charge is -2.32. The lowest BCUT2D eigenvalue weighted by Crippen LogP contribution is -2.43. The van der Waals surface area contributed by atoms with Gasteiger partial charge in [0.05, 0.1) is 5.92 Å². The molecule has 2 N–H and O–H groups in total. The molecule has 1 fully saturated rings. The summed E-state index contributed by atoms with van der Waals surface area (Å²) in [6, 6.07) is 13.7. The molecule has 0 bridgehead atoms. The van der Waals surface area contributed by atoms with E-state index in [1.165, 1.54) is 6.92 Å². The molecular formula is C21H22ClN3O3. The molecule has 1 aliphatic heterocycles. The van der Waals surface area contributed by atoms with Crippen molar-refractivity contribution in [3.63, 3.8) is 0 Å². The molecule has 1 atom stereocenters. The predicted octanol–water partition coefficient (Wildman–Crippen LogP) is 3.79. The molecule has 7 heteroatoms. The van der Waals surface area contributed by atoms with Crippen molar-refractivity contribution in [3.05, 3.63) is 59.1 Å². The molecule has 0 aliphatic carbocycles. The Hall–Kier alpha value is -2.86. The second-order valence-corrected chi connectivity index (χ2v) is 7.28. The van der Waals surface area contributed by atoms with Gasteiger partial charge >= 0.3 is 0 Å². The van der Waals surface area contributed by atoms with Gasteiger partial charge in [-0.05, 0) is 61.4 Å². The van der Waals surface area contributed by atoms with Gasteiger partial charge < -0.3 is 15.5 Å². The number of nitrogens with zero attached hydrogens (tertiary/aromatic N) is 1. The Labute approximate surface area is 168 Å². The van der Waals surface area contributed by atoms with Gasteiger partial charge in [0.15, 0.2) is 0 Å². The van der Waals surface area contributed by atoms with E-state index in [1.807, 2.05) is 0 Å². The van der Waals surface area contributed by atoms with Crippen LogP contribution in [0, 0.1) is 5.92 Å². The van der Waals surface area contributed by atoms with E-state index in [-0.39, 0.29) is 23.6 Å². The van der Waals surface area contributed by atoms with Crippen molar-refractivity contribution in [1.82, 2.24) is 4.90 Å². The molecule has 1 aliphatic rings. The number of benzene rings is 2. The van der Waals surface area contributed by atoms with Gasteiger partial charge in [0.2, 0.25) is 11.8 Å². The van der Waals surface area contributed by atoms with Crippen LogP contribution in [0.25, 0.3) is 0 Å². The van der Waals surface area contributed by atoms with E-state index in [4.69, 9.17) is 11.6 Å². The predicted molar refractivity (Wildman–Crippen MR) is 109 cm³/mol. The van der Waals surface area contributed by atoms with E-state index >= 15 is 0 Å². The first-order valence-corrected chi connectivity index (χ1v) is 9.53. The van der Waals surface area contributed by atoms with Crippen molar-refractivity contribution in [2.45, 2.75) is 19.8 Å². The Morgan fingerprint density at radius 1 is 0.964 bits per heavy atom. The molecule has 6 nitrogen and oxygen atoms in total. The number of piperidine rings is 1. The molecule has 1 saturated heterocycles. The molecule has 3 amide bonds. The van der Waals surface area contributed by atoms with E-state index in [0.29, 0.717) is 35.1 Å². The average Bonchev–Trinajstić information content (AvgIpc) is 2.69. The van der Waals surface area contributed by atoms with Crippen LogP contribution in [-0.4, -0.2) is 35.7 Å². The number of halogens is 1. The van der Waals surface area contributed by atoms with Crippen LogP contribution >= 0.6 is 11.6 Å². The summed E-state index contributed by atoms with van der Waals surface area (Å²) in [6.45, 7) is 2.46. The maximum Gasteiger partial charge on any atom is 0.253 e. The summed E-state index contributed by atoms with van der Waals surface area (Å²) in [6.07, 6.45) is 1.51. The summed E-state index contributed by atoms with van der Waals surface area (Å²) >= 11 is 5.88. The Bertz CT molecular complexity index is 865. The largest absolute Gasteiger partial charge is 0.338 e. The summed E-state index contributed by atoms with van der Waals surface area (Å²) < 4.78 is 0. The van der Waals surface area contributed by atoms with Crippen molar-refractivity contribution in [2.75, 3.05) is 23.7 Å². The average molecular weight is 400 g/mol. The summed E-state index contributed by atoms with van der Waals surface area (Å²) in [5.74, 6) is -0.612. The Morgan fingerprint density at radius 3 is 2.18 bits per heavy atom. The van der Waals surface area contributed by atoms with Crippen LogP contribution in [0.1, 0.15) is 30.1 Å². The van der Waals surface area contributed by atoms with Crippen LogP contribution in [0.3, 0.4) is 0 Å². The number of anilines is 2. The van der Waals surface area contributed by atoms with Crippen LogP contribution in [0.5, 0.6) is 0 Å². The smallest absolute Gasteiger partial charge is 0.253 e. The highest BCUT2D eigenvalue weighted by molar-refractivity contribution is 6.30. The molecule has 3 rings (SSSR count). The molecule has 28 heavy (non-hydrogen) atoms. The molecule has 2 aromatic carbocycles. The van der Waals surface area contributed by atoms with Gasteiger partial charge in [-0.2, -0.15) is 0 Å². The van der Waals surface area contributed by atoms with Gasteiger partial charge in [0.25, 0.3) is 5.91 Å².